The summed E-state index contributed by atoms with van der Waals surface area (Å²) in [6.07, 6.45) is 5.40. The van der Waals surface area contributed by atoms with Crippen molar-refractivity contribution in [1.29, 1.82) is 0 Å². The Labute approximate surface area is 269 Å². The monoisotopic (exact) mass is 628 g/mol. The molecule has 0 saturated carbocycles. The molecule has 0 aliphatic carbocycles. The zero-order valence-corrected chi connectivity index (χ0v) is 28.0. The number of nitrogens with zero attached hydrogens (tertiary/aromatic N) is 6. The van der Waals surface area contributed by atoms with E-state index in [0.29, 0.717) is 52.9 Å². The molecule has 3 aromatic heterocycles. The van der Waals surface area contributed by atoms with Gasteiger partial charge in [0.1, 0.15) is 11.4 Å². The average Bonchev–Trinajstić information content (AvgIpc) is 2.96. The first-order chi connectivity index (χ1) is 21.3. The number of allylic oxidation sites excluding steroid dienone is 1. The van der Waals surface area contributed by atoms with E-state index in [4.69, 9.17) is 21.3 Å². The average molecular weight is 629 g/mol. The second-order valence-corrected chi connectivity index (χ2v) is 13.3. The third kappa shape index (κ3) is 6.59. The number of carbonyl (C=O) groups excluding carboxylic acids is 1. The van der Waals surface area contributed by atoms with Gasteiger partial charge in [-0.2, -0.15) is 4.98 Å². The van der Waals surface area contributed by atoms with Gasteiger partial charge < -0.3 is 14.5 Å². The van der Waals surface area contributed by atoms with Crippen LogP contribution in [0.3, 0.4) is 0 Å². The normalized spacial score (nSPS) is 15.8. The fraction of sp³-hybridized carbons (Fsp3) is 0.400. The third-order valence-electron chi connectivity index (χ3n) is 7.80. The lowest BCUT2D eigenvalue weighted by Gasteiger charge is -2.41. The van der Waals surface area contributed by atoms with Gasteiger partial charge in [0, 0.05) is 37.4 Å². The lowest BCUT2D eigenvalue weighted by Crippen LogP contribution is -2.55. The smallest absolute Gasteiger partial charge is 0.410 e. The Morgan fingerprint density at radius 3 is 2.56 bits per heavy atom. The zero-order valence-electron chi connectivity index (χ0n) is 27.3. The molecule has 1 aliphatic rings. The summed E-state index contributed by atoms with van der Waals surface area (Å²) < 4.78 is 7.20. The van der Waals surface area contributed by atoms with Crippen molar-refractivity contribution in [2.24, 2.45) is 0 Å². The highest BCUT2D eigenvalue weighted by molar-refractivity contribution is 6.33. The van der Waals surface area contributed by atoms with Crippen molar-refractivity contribution in [3.05, 3.63) is 81.0 Å². The van der Waals surface area contributed by atoms with E-state index in [0.717, 1.165) is 22.4 Å². The highest BCUT2D eigenvalue weighted by Gasteiger charge is 2.33. The van der Waals surface area contributed by atoms with Crippen molar-refractivity contribution in [2.75, 3.05) is 24.5 Å². The van der Waals surface area contributed by atoms with Crippen LogP contribution in [0.1, 0.15) is 71.2 Å². The van der Waals surface area contributed by atoms with E-state index in [1.54, 1.807) is 15.7 Å². The fourth-order valence-corrected chi connectivity index (χ4v) is 6.02. The summed E-state index contributed by atoms with van der Waals surface area (Å²) in [5, 5.41) is 1.09. The molecule has 45 heavy (non-hydrogen) atoms. The molecule has 1 aromatic carbocycles. The summed E-state index contributed by atoms with van der Waals surface area (Å²) in [6, 6.07) is 11.6. The number of hydrogen-bond donors (Lipinski definition) is 0. The van der Waals surface area contributed by atoms with Crippen molar-refractivity contribution >= 4 is 40.6 Å². The Morgan fingerprint density at radius 2 is 1.89 bits per heavy atom. The Balaban J connectivity index is 1.72. The van der Waals surface area contributed by atoms with Gasteiger partial charge in [0.05, 0.1) is 27.5 Å². The molecule has 4 heterocycles. The maximum Gasteiger partial charge on any atom is 0.410 e. The van der Waals surface area contributed by atoms with Crippen LogP contribution in [0, 0.1) is 6.92 Å². The van der Waals surface area contributed by atoms with Crippen LogP contribution in [0.5, 0.6) is 0 Å². The minimum atomic E-state index is -0.592. The molecule has 5 rings (SSSR count). The van der Waals surface area contributed by atoms with Crippen molar-refractivity contribution in [2.45, 2.75) is 73.0 Å². The maximum atomic E-state index is 14.2. The number of carbonyl (C=O) groups is 1. The number of hydrogen-bond acceptors (Lipinski definition) is 7. The highest BCUT2D eigenvalue weighted by Crippen LogP contribution is 2.36. The first-order valence-corrected chi connectivity index (χ1v) is 15.7. The van der Waals surface area contributed by atoms with Gasteiger partial charge >= 0.3 is 11.8 Å². The lowest BCUT2D eigenvalue weighted by molar-refractivity contribution is 0.0218. The Kier molecular flexibility index (Phi) is 9.03. The summed E-state index contributed by atoms with van der Waals surface area (Å²) in [7, 11) is 0. The van der Waals surface area contributed by atoms with Gasteiger partial charge in [-0.3, -0.25) is 4.98 Å². The Morgan fingerprint density at radius 1 is 1.13 bits per heavy atom. The predicted molar refractivity (Wildman–Crippen MR) is 182 cm³/mol. The SMILES string of the molecule is C/C=C/c1cccc(-c2nc3c(cc2Cl)c(N2CCN(C(=O)OC(C)(C)C)C[C@@H]2C)nc(=O)n3-c2c(C)ccnc2C(C)C)c1. The quantitative estimate of drug-likeness (QED) is 0.227. The van der Waals surface area contributed by atoms with Crippen molar-refractivity contribution in [1.82, 2.24) is 24.4 Å². The molecule has 1 atom stereocenters. The van der Waals surface area contributed by atoms with Crippen molar-refractivity contribution < 1.29 is 9.53 Å². The topological polar surface area (TPSA) is 93.5 Å². The first kappa shape index (κ1) is 32.2. The fourth-order valence-electron chi connectivity index (χ4n) is 5.76. The van der Waals surface area contributed by atoms with E-state index in [9.17, 15) is 9.59 Å². The second kappa shape index (κ2) is 12.6. The number of benzene rings is 1. The molecule has 1 fully saturated rings. The molecular formula is C35H41ClN6O3. The van der Waals surface area contributed by atoms with E-state index in [2.05, 4.69) is 28.7 Å². The van der Waals surface area contributed by atoms with E-state index in [1.165, 1.54) is 0 Å². The number of rotatable bonds is 5. The molecule has 236 valence electrons. The standard InChI is InChI=1S/C35H41ClN6O3/c1-9-11-24-12-10-13-25(18-24)29-27(36)19-26-31(41-17-16-40(20-23(41)5)34(44)45-35(6,7)8)39-33(43)42(32(26)38-29)30-22(4)14-15-37-28(30)21(2)3/h9-15,18-19,21,23H,16-17,20H2,1-8H3/b11-9+/t23-/m0/s1. The first-order valence-electron chi connectivity index (χ1n) is 15.4. The van der Waals surface area contributed by atoms with Crippen LogP contribution in [-0.2, 0) is 4.74 Å². The molecular weight excluding hydrogens is 588 g/mol. The highest BCUT2D eigenvalue weighted by atomic mass is 35.5. The number of aryl methyl sites for hydroxylation is 1. The summed E-state index contributed by atoms with van der Waals surface area (Å²) in [6.45, 7) is 16.9. The van der Waals surface area contributed by atoms with E-state index < -0.39 is 11.3 Å². The van der Waals surface area contributed by atoms with Crippen molar-refractivity contribution in [3.63, 3.8) is 0 Å². The van der Waals surface area contributed by atoms with E-state index in [1.807, 2.05) is 90.1 Å². The minimum Gasteiger partial charge on any atom is -0.444 e. The van der Waals surface area contributed by atoms with Gasteiger partial charge in [-0.05, 0) is 76.8 Å². The zero-order chi connectivity index (χ0) is 32.6. The van der Waals surface area contributed by atoms with E-state index in [-0.39, 0.29) is 18.1 Å². The number of ether oxygens (including phenoxy) is 1. The predicted octanol–water partition coefficient (Wildman–Crippen LogP) is 7.41. The molecule has 1 saturated heterocycles. The van der Waals surface area contributed by atoms with Crippen LogP contribution < -0.4 is 10.6 Å². The molecule has 0 unspecified atom stereocenters. The molecule has 0 spiro atoms. The molecule has 1 amide bonds. The molecule has 0 bridgehead atoms. The van der Waals surface area contributed by atoms with Gasteiger partial charge in [0.25, 0.3) is 0 Å². The van der Waals surface area contributed by atoms with Crippen molar-refractivity contribution in [3.8, 4) is 16.9 Å². The van der Waals surface area contributed by atoms with Crippen LogP contribution in [-0.4, -0.2) is 61.8 Å². The summed E-state index contributed by atoms with van der Waals surface area (Å²) >= 11 is 7.00. The van der Waals surface area contributed by atoms with Crippen LogP contribution in [0.2, 0.25) is 5.02 Å². The number of piperazine rings is 1. The summed E-state index contributed by atoms with van der Waals surface area (Å²) in [4.78, 5) is 45.2. The largest absolute Gasteiger partial charge is 0.444 e. The van der Waals surface area contributed by atoms with Gasteiger partial charge in [-0.15, -0.1) is 0 Å². The van der Waals surface area contributed by atoms with Gasteiger partial charge in [0.2, 0.25) is 0 Å². The lowest BCUT2D eigenvalue weighted by atomic mass is 10.0. The molecule has 0 N–H and O–H groups in total. The molecule has 0 radical (unpaired) electrons. The van der Waals surface area contributed by atoms with Gasteiger partial charge in [-0.25, -0.2) is 19.1 Å². The Bertz CT molecular complexity index is 1840. The van der Waals surface area contributed by atoms with E-state index >= 15 is 0 Å². The van der Waals surface area contributed by atoms with Gasteiger partial charge in [0.15, 0.2) is 5.65 Å². The van der Waals surface area contributed by atoms with Crippen LogP contribution in [0.4, 0.5) is 10.6 Å². The Hall–Kier alpha value is -4.24. The summed E-state index contributed by atoms with van der Waals surface area (Å²) in [5.41, 5.74) is 4.15. The van der Waals surface area contributed by atoms with Gasteiger partial charge in [-0.1, -0.05) is 55.8 Å². The van der Waals surface area contributed by atoms with Crippen LogP contribution in [0.25, 0.3) is 34.1 Å². The number of amides is 1. The number of fused-ring (bicyclic) bond motifs is 1. The van der Waals surface area contributed by atoms with Crippen LogP contribution >= 0.6 is 11.6 Å². The third-order valence-corrected chi connectivity index (χ3v) is 8.08. The molecule has 9 nitrogen and oxygen atoms in total. The minimum absolute atomic E-state index is 0.0479. The second-order valence-electron chi connectivity index (χ2n) is 12.9. The van der Waals surface area contributed by atoms with Crippen LogP contribution in [0.15, 0.2) is 53.5 Å². The number of pyridine rings is 2. The number of anilines is 1. The summed E-state index contributed by atoms with van der Waals surface area (Å²) in [5.74, 6) is 0.533. The molecule has 10 heteroatoms. The molecule has 1 aliphatic heterocycles. The maximum absolute atomic E-state index is 14.2. The number of aromatic nitrogens is 4. The number of halogens is 1. The molecule has 4 aromatic rings.